The Morgan fingerprint density at radius 2 is 2.24 bits per heavy atom. The summed E-state index contributed by atoms with van der Waals surface area (Å²) in [4.78, 5) is 35.0. The number of rotatable bonds is 2. The molecule has 0 saturated carbocycles. The van der Waals surface area contributed by atoms with Gasteiger partial charge in [-0.2, -0.15) is 0 Å². The van der Waals surface area contributed by atoms with Crippen LogP contribution in [0.4, 0.5) is 4.39 Å². The lowest BCUT2D eigenvalue weighted by Gasteiger charge is -2.15. The standard InChI is InChI=1S/C10H11FN2O4/c1-5-6(4-14)17-9(8(5)11)13-3-2-7(15)12-10(13)16/h2-6,8-9H,1H3,(H,12,15,16)/t5-,6-,8+,9-/m1/s1. The van der Waals surface area contributed by atoms with Crippen molar-refractivity contribution >= 4 is 6.29 Å². The molecule has 0 aliphatic carbocycles. The number of carbonyl (C=O) groups excluding carboxylic acids is 1. The Bertz CT molecular complexity index is 538. The Morgan fingerprint density at radius 1 is 1.53 bits per heavy atom. The second-order valence-electron chi connectivity index (χ2n) is 3.95. The summed E-state index contributed by atoms with van der Waals surface area (Å²) in [5.74, 6) is -0.628. The molecule has 1 aromatic rings. The largest absolute Gasteiger partial charge is 0.344 e. The first-order valence-electron chi connectivity index (χ1n) is 5.11. The molecule has 1 aliphatic rings. The van der Waals surface area contributed by atoms with Crippen molar-refractivity contribution in [3.05, 3.63) is 33.1 Å². The summed E-state index contributed by atoms with van der Waals surface area (Å²) < 4.78 is 19.9. The number of hydrogen-bond donors (Lipinski definition) is 1. The van der Waals surface area contributed by atoms with Gasteiger partial charge in [0.15, 0.2) is 12.4 Å². The van der Waals surface area contributed by atoms with Crippen LogP contribution >= 0.6 is 0 Å². The van der Waals surface area contributed by atoms with E-state index >= 15 is 0 Å². The quantitative estimate of drug-likeness (QED) is 0.716. The highest BCUT2D eigenvalue weighted by Crippen LogP contribution is 2.34. The lowest BCUT2D eigenvalue weighted by atomic mass is 10.0. The van der Waals surface area contributed by atoms with Gasteiger partial charge in [-0.25, -0.2) is 9.18 Å². The molecule has 6 nitrogen and oxygen atoms in total. The van der Waals surface area contributed by atoms with Gasteiger partial charge in [0.25, 0.3) is 5.56 Å². The number of nitrogens with one attached hydrogen (secondary N) is 1. The predicted molar refractivity (Wildman–Crippen MR) is 55.4 cm³/mol. The van der Waals surface area contributed by atoms with Gasteiger partial charge in [-0.3, -0.25) is 14.3 Å². The average Bonchev–Trinajstić information content (AvgIpc) is 2.57. The average molecular weight is 242 g/mol. The minimum atomic E-state index is -1.48. The van der Waals surface area contributed by atoms with E-state index in [9.17, 15) is 18.8 Å². The highest BCUT2D eigenvalue weighted by molar-refractivity contribution is 5.57. The van der Waals surface area contributed by atoms with Gasteiger partial charge in [-0.15, -0.1) is 0 Å². The Kier molecular flexibility index (Phi) is 2.93. The summed E-state index contributed by atoms with van der Waals surface area (Å²) in [5.41, 5.74) is -1.33. The van der Waals surface area contributed by atoms with E-state index in [-0.39, 0.29) is 0 Å². The molecule has 17 heavy (non-hydrogen) atoms. The van der Waals surface area contributed by atoms with E-state index in [1.165, 1.54) is 6.92 Å². The number of hydrogen-bond acceptors (Lipinski definition) is 4. The molecule has 92 valence electrons. The lowest BCUT2D eigenvalue weighted by molar-refractivity contribution is -0.121. The zero-order valence-corrected chi connectivity index (χ0v) is 9.00. The van der Waals surface area contributed by atoms with Crippen LogP contribution in [0.5, 0.6) is 0 Å². The van der Waals surface area contributed by atoms with Crippen molar-refractivity contribution in [3.8, 4) is 0 Å². The monoisotopic (exact) mass is 242 g/mol. The van der Waals surface area contributed by atoms with Gasteiger partial charge < -0.3 is 9.53 Å². The van der Waals surface area contributed by atoms with Crippen LogP contribution in [-0.2, 0) is 9.53 Å². The van der Waals surface area contributed by atoms with E-state index < -0.39 is 35.7 Å². The molecule has 4 atom stereocenters. The van der Waals surface area contributed by atoms with Crippen molar-refractivity contribution in [3.63, 3.8) is 0 Å². The fraction of sp³-hybridized carbons (Fsp3) is 0.500. The van der Waals surface area contributed by atoms with Crippen LogP contribution < -0.4 is 11.2 Å². The molecule has 1 fully saturated rings. The molecule has 0 aromatic carbocycles. The summed E-state index contributed by atoms with van der Waals surface area (Å²) >= 11 is 0. The molecule has 0 amide bonds. The maximum Gasteiger partial charge on any atom is 0.330 e. The number of halogens is 1. The minimum absolute atomic E-state index is 0.508. The molecule has 2 rings (SSSR count). The predicted octanol–water partition coefficient (Wildman–Crippen LogP) is -0.393. The number of carbonyl (C=O) groups is 1. The molecule has 1 aliphatic heterocycles. The second kappa shape index (κ2) is 4.25. The van der Waals surface area contributed by atoms with E-state index in [1.807, 2.05) is 4.98 Å². The lowest BCUT2D eigenvalue weighted by Crippen LogP contribution is -2.34. The van der Waals surface area contributed by atoms with Gasteiger partial charge in [-0.05, 0) is 0 Å². The van der Waals surface area contributed by atoms with Crippen molar-refractivity contribution in [2.75, 3.05) is 0 Å². The van der Waals surface area contributed by atoms with Crippen molar-refractivity contribution < 1.29 is 13.9 Å². The van der Waals surface area contributed by atoms with Gasteiger partial charge in [0.05, 0.1) is 0 Å². The van der Waals surface area contributed by atoms with Crippen LogP contribution in [0, 0.1) is 5.92 Å². The third-order valence-electron chi connectivity index (χ3n) is 2.85. The van der Waals surface area contributed by atoms with Gasteiger partial charge in [0, 0.05) is 18.2 Å². The van der Waals surface area contributed by atoms with Crippen LogP contribution in [0.3, 0.4) is 0 Å². The fourth-order valence-corrected chi connectivity index (χ4v) is 1.80. The molecular formula is C10H11FN2O4. The highest BCUT2D eigenvalue weighted by Gasteiger charge is 2.43. The molecule has 0 unspecified atom stereocenters. The van der Waals surface area contributed by atoms with Crippen LogP contribution in [0.2, 0.25) is 0 Å². The summed E-state index contributed by atoms with van der Waals surface area (Å²) in [6, 6.07) is 1.09. The van der Waals surface area contributed by atoms with Gasteiger partial charge >= 0.3 is 5.69 Å². The van der Waals surface area contributed by atoms with Crippen molar-refractivity contribution in [1.29, 1.82) is 0 Å². The maximum absolute atomic E-state index is 13.8. The summed E-state index contributed by atoms with van der Waals surface area (Å²) in [6.45, 7) is 1.53. The molecule has 1 saturated heterocycles. The fourth-order valence-electron chi connectivity index (χ4n) is 1.80. The normalized spacial score (nSPS) is 32.6. The third kappa shape index (κ3) is 1.93. The molecule has 1 aromatic heterocycles. The Hall–Kier alpha value is -1.76. The number of alkyl halides is 1. The van der Waals surface area contributed by atoms with Crippen molar-refractivity contribution in [1.82, 2.24) is 9.55 Å². The van der Waals surface area contributed by atoms with E-state index in [1.54, 1.807) is 0 Å². The van der Waals surface area contributed by atoms with E-state index in [4.69, 9.17) is 4.74 Å². The summed E-state index contributed by atoms with van der Waals surface area (Å²) in [6.07, 6.45) is -1.88. The first kappa shape index (κ1) is 11.7. The Morgan fingerprint density at radius 3 is 2.76 bits per heavy atom. The van der Waals surface area contributed by atoms with Gasteiger partial charge in [0.1, 0.15) is 12.4 Å². The molecule has 0 radical (unpaired) electrons. The van der Waals surface area contributed by atoms with Gasteiger partial charge in [0.2, 0.25) is 0 Å². The Labute approximate surface area is 95.0 Å². The SMILES string of the molecule is C[C@H]1[C@H](F)[C@H](n2ccc(=O)[nH]c2=O)O[C@@H]1C=O. The summed E-state index contributed by atoms with van der Waals surface area (Å²) in [7, 11) is 0. The van der Waals surface area contributed by atoms with Crippen LogP contribution in [-0.4, -0.2) is 28.1 Å². The first-order valence-corrected chi connectivity index (χ1v) is 5.11. The molecule has 0 bridgehead atoms. The Balaban J connectivity index is 2.38. The van der Waals surface area contributed by atoms with Gasteiger partial charge in [-0.1, -0.05) is 6.92 Å². The number of H-pyrrole nitrogens is 1. The molecule has 2 heterocycles. The number of nitrogens with zero attached hydrogens (tertiary/aromatic N) is 1. The first-order chi connectivity index (χ1) is 8.04. The van der Waals surface area contributed by atoms with E-state index in [0.717, 1.165) is 16.8 Å². The third-order valence-corrected chi connectivity index (χ3v) is 2.85. The van der Waals surface area contributed by atoms with Crippen LogP contribution in [0.1, 0.15) is 13.2 Å². The summed E-state index contributed by atoms with van der Waals surface area (Å²) in [5, 5.41) is 0. The second-order valence-corrected chi connectivity index (χ2v) is 3.95. The van der Waals surface area contributed by atoms with Crippen LogP contribution in [0.25, 0.3) is 0 Å². The van der Waals surface area contributed by atoms with Crippen molar-refractivity contribution in [2.24, 2.45) is 5.92 Å². The highest BCUT2D eigenvalue weighted by atomic mass is 19.1. The van der Waals surface area contributed by atoms with E-state index in [0.29, 0.717) is 6.29 Å². The zero-order chi connectivity index (χ0) is 12.6. The van der Waals surface area contributed by atoms with E-state index in [2.05, 4.69) is 0 Å². The smallest absolute Gasteiger partial charge is 0.330 e. The number of aldehydes is 1. The zero-order valence-electron chi connectivity index (χ0n) is 9.00. The molecule has 0 spiro atoms. The molecule has 1 N–H and O–H groups in total. The topological polar surface area (TPSA) is 81.2 Å². The minimum Gasteiger partial charge on any atom is -0.344 e. The molecule has 7 heteroatoms. The molecular weight excluding hydrogens is 231 g/mol. The van der Waals surface area contributed by atoms with Crippen molar-refractivity contribution in [2.45, 2.75) is 25.4 Å². The maximum atomic E-state index is 13.8. The number of aromatic amines is 1. The van der Waals surface area contributed by atoms with Crippen LogP contribution in [0.15, 0.2) is 21.9 Å². The number of aromatic nitrogens is 2. The number of ether oxygens (including phenoxy) is 1.